The normalized spacial score (nSPS) is 20.5. The summed E-state index contributed by atoms with van der Waals surface area (Å²) in [5.41, 5.74) is 2.49. The van der Waals surface area contributed by atoms with Gasteiger partial charge in [-0.3, -0.25) is 4.79 Å². The van der Waals surface area contributed by atoms with Gasteiger partial charge in [0.25, 0.3) is 0 Å². The molecule has 2 N–H and O–H groups in total. The van der Waals surface area contributed by atoms with Gasteiger partial charge in [-0.05, 0) is 68.3 Å². The summed E-state index contributed by atoms with van der Waals surface area (Å²) in [6.45, 7) is 2.20. The van der Waals surface area contributed by atoms with Crippen molar-refractivity contribution in [1.29, 1.82) is 0 Å². The fraction of sp³-hybridized carbons (Fsp3) is 0.611. The van der Waals surface area contributed by atoms with Crippen LogP contribution >= 0.6 is 12.4 Å². The molecule has 3 rings (SSSR count). The second kappa shape index (κ2) is 8.55. The van der Waals surface area contributed by atoms with Crippen molar-refractivity contribution in [2.75, 3.05) is 20.2 Å². The molecule has 1 saturated heterocycles. The van der Waals surface area contributed by atoms with Crippen molar-refractivity contribution < 1.29 is 9.53 Å². The van der Waals surface area contributed by atoms with Crippen molar-refractivity contribution in [3.63, 3.8) is 0 Å². The average Bonchev–Trinajstić information content (AvgIpc) is 2.97. The van der Waals surface area contributed by atoms with Crippen LogP contribution in [0, 0.1) is 5.92 Å². The Kier molecular flexibility index (Phi) is 6.72. The maximum atomic E-state index is 12.2. The number of nitrogens with one attached hydrogen (secondary N) is 2. The molecule has 0 spiro atoms. The second-order valence-corrected chi connectivity index (χ2v) is 6.42. The maximum absolute atomic E-state index is 12.2. The van der Waals surface area contributed by atoms with Crippen molar-refractivity contribution in [1.82, 2.24) is 10.6 Å². The summed E-state index contributed by atoms with van der Waals surface area (Å²) in [4.78, 5) is 12.2. The minimum absolute atomic E-state index is 0. The summed E-state index contributed by atoms with van der Waals surface area (Å²) >= 11 is 0. The fourth-order valence-electron chi connectivity index (χ4n) is 3.73. The van der Waals surface area contributed by atoms with E-state index in [1.807, 2.05) is 12.1 Å². The molecule has 1 aliphatic carbocycles. The zero-order valence-electron chi connectivity index (χ0n) is 13.8. The van der Waals surface area contributed by atoms with E-state index in [9.17, 15) is 4.79 Å². The number of carbonyl (C=O) groups excluding carboxylic acids is 1. The first-order chi connectivity index (χ1) is 10.8. The number of halogens is 1. The number of carbonyl (C=O) groups is 1. The van der Waals surface area contributed by atoms with Crippen LogP contribution < -0.4 is 15.4 Å². The molecular formula is C18H27ClN2O2. The summed E-state index contributed by atoms with van der Waals surface area (Å²) in [6, 6.07) is 6.28. The van der Waals surface area contributed by atoms with Crippen LogP contribution in [0.4, 0.5) is 0 Å². The summed E-state index contributed by atoms with van der Waals surface area (Å²) in [5.74, 6) is 1.85. The number of hydrogen-bond acceptors (Lipinski definition) is 3. The van der Waals surface area contributed by atoms with Crippen molar-refractivity contribution in [3.05, 3.63) is 29.3 Å². The number of fused-ring (bicyclic) bond motifs is 1. The molecule has 1 amide bonds. The lowest BCUT2D eigenvalue weighted by atomic mass is 9.93. The molecule has 0 bridgehead atoms. The van der Waals surface area contributed by atoms with E-state index in [2.05, 4.69) is 16.7 Å². The first-order valence-electron chi connectivity index (χ1n) is 8.44. The van der Waals surface area contributed by atoms with Crippen LogP contribution in [-0.4, -0.2) is 26.1 Å². The van der Waals surface area contributed by atoms with E-state index in [0.29, 0.717) is 12.3 Å². The molecule has 1 heterocycles. The summed E-state index contributed by atoms with van der Waals surface area (Å²) in [6.07, 6.45) is 6.05. The van der Waals surface area contributed by atoms with Gasteiger partial charge in [0, 0.05) is 6.42 Å². The SMILES string of the molecule is COc1cccc2c1CCC2NC(=O)CCC1CCNCC1.Cl. The first kappa shape index (κ1) is 18.1. The molecule has 0 aromatic heterocycles. The van der Waals surface area contributed by atoms with Crippen molar-refractivity contribution in [2.45, 2.75) is 44.6 Å². The average molecular weight is 339 g/mol. The van der Waals surface area contributed by atoms with Crippen LogP contribution in [0.5, 0.6) is 5.75 Å². The van der Waals surface area contributed by atoms with Gasteiger partial charge in [-0.15, -0.1) is 12.4 Å². The van der Waals surface area contributed by atoms with Crippen LogP contribution in [0.15, 0.2) is 18.2 Å². The van der Waals surface area contributed by atoms with Crippen LogP contribution in [0.25, 0.3) is 0 Å². The summed E-state index contributed by atoms with van der Waals surface area (Å²) < 4.78 is 5.42. The quantitative estimate of drug-likeness (QED) is 0.867. The number of ether oxygens (including phenoxy) is 1. The standard InChI is InChI=1S/C18H26N2O2.ClH/c1-22-17-4-2-3-14-15(17)6-7-16(14)20-18(21)8-5-13-9-11-19-12-10-13;/h2-4,13,16,19H,5-12H2,1H3,(H,20,21);1H. The Morgan fingerprint density at radius 3 is 2.83 bits per heavy atom. The largest absolute Gasteiger partial charge is 0.496 e. The van der Waals surface area contributed by atoms with E-state index < -0.39 is 0 Å². The second-order valence-electron chi connectivity index (χ2n) is 6.42. The monoisotopic (exact) mass is 338 g/mol. The molecule has 0 radical (unpaired) electrons. The Hall–Kier alpha value is -1.26. The zero-order valence-corrected chi connectivity index (χ0v) is 14.6. The molecule has 1 unspecified atom stereocenters. The van der Waals surface area contributed by atoms with Gasteiger partial charge in [-0.1, -0.05) is 12.1 Å². The third kappa shape index (κ3) is 4.39. The summed E-state index contributed by atoms with van der Waals surface area (Å²) in [7, 11) is 1.71. The molecule has 1 fully saturated rings. The van der Waals surface area contributed by atoms with Gasteiger partial charge in [-0.2, -0.15) is 0 Å². The van der Waals surface area contributed by atoms with E-state index >= 15 is 0 Å². The molecule has 2 aliphatic rings. The van der Waals surface area contributed by atoms with Gasteiger partial charge in [0.05, 0.1) is 13.2 Å². The predicted octanol–water partition coefficient (Wildman–Crippen LogP) is 3.00. The topological polar surface area (TPSA) is 50.4 Å². The number of rotatable bonds is 5. The van der Waals surface area contributed by atoms with Gasteiger partial charge in [0.2, 0.25) is 5.91 Å². The van der Waals surface area contributed by atoms with Crippen LogP contribution in [0.2, 0.25) is 0 Å². The highest BCUT2D eigenvalue weighted by Crippen LogP contribution is 2.36. The first-order valence-corrected chi connectivity index (χ1v) is 8.44. The minimum Gasteiger partial charge on any atom is -0.496 e. The molecule has 1 aliphatic heterocycles. The van der Waals surface area contributed by atoms with Crippen LogP contribution in [-0.2, 0) is 11.2 Å². The Balaban J connectivity index is 0.00000192. The molecule has 1 atom stereocenters. The lowest BCUT2D eigenvalue weighted by molar-refractivity contribution is -0.122. The number of methoxy groups -OCH3 is 1. The molecule has 23 heavy (non-hydrogen) atoms. The molecular weight excluding hydrogens is 312 g/mol. The van der Waals surface area contributed by atoms with Gasteiger partial charge in [0.15, 0.2) is 0 Å². The van der Waals surface area contributed by atoms with Crippen molar-refractivity contribution >= 4 is 18.3 Å². The van der Waals surface area contributed by atoms with Crippen LogP contribution in [0.3, 0.4) is 0 Å². The highest BCUT2D eigenvalue weighted by molar-refractivity contribution is 5.85. The molecule has 1 aromatic rings. The van der Waals surface area contributed by atoms with E-state index in [1.54, 1.807) is 7.11 Å². The lowest BCUT2D eigenvalue weighted by Gasteiger charge is -2.22. The highest BCUT2D eigenvalue weighted by Gasteiger charge is 2.26. The number of benzene rings is 1. The molecule has 128 valence electrons. The number of amides is 1. The van der Waals surface area contributed by atoms with Crippen molar-refractivity contribution in [2.24, 2.45) is 5.92 Å². The summed E-state index contributed by atoms with van der Waals surface area (Å²) in [5, 5.41) is 6.59. The minimum atomic E-state index is 0. The maximum Gasteiger partial charge on any atom is 0.220 e. The Labute approximate surface area is 144 Å². The van der Waals surface area contributed by atoms with E-state index in [1.165, 1.54) is 24.0 Å². The molecule has 0 saturated carbocycles. The molecule has 1 aromatic carbocycles. The third-order valence-corrected chi connectivity index (χ3v) is 5.02. The van der Waals surface area contributed by atoms with Gasteiger partial charge in [0.1, 0.15) is 5.75 Å². The Morgan fingerprint density at radius 1 is 1.30 bits per heavy atom. The van der Waals surface area contributed by atoms with Gasteiger partial charge < -0.3 is 15.4 Å². The van der Waals surface area contributed by atoms with Gasteiger partial charge in [-0.25, -0.2) is 0 Å². The Morgan fingerprint density at radius 2 is 2.09 bits per heavy atom. The van der Waals surface area contributed by atoms with Crippen molar-refractivity contribution in [3.8, 4) is 5.75 Å². The Bertz CT molecular complexity index is 530. The molecule has 4 nitrogen and oxygen atoms in total. The third-order valence-electron chi connectivity index (χ3n) is 5.02. The van der Waals surface area contributed by atoms with Gasteiger partial charge >= 0.3 is 0 Å². The van der Waals surface area contributed by atoms with E-state index in [-0.39, 0.29) is 24.4 Å². The smallest absolute Gasteiger partial charge is 0.220 e. The fourth-order valence-corrected chi connectivity index (χ4v) is 3.73. The molecule has 5 heteroatoms. The van der Waals surface area contributed by atoms with E-state index in [4.69, 9.17) is 4.74 Å². The number of piperidine rings is 1. The van der Waals surface area contributed by atoms with E-state index in [0.717, 1.165) is 38.1 Å². The number of hydrogen-bond donors (Lipinski definition) is 2. The highest BCUT2D eigenvalue weighted by atomic mass is 35.5. The predicted molar refractivity (Wildman–Crippen MR) is 94.3 cm³/mol. The zero-order chi connectivity index (χ0) is 15.4. The lowest BCUT2D eigenvalue weighted by Crippen LogP contribution is -2.30. The van der Waals surface area contributed by atoms with Crippen LogP contribution in [0.1, 0.15) is 49.3 Å².